The molecule has 0 radical (unpaired) electrons. The SMILES string of the molecule is CCC(OC)(C(=S)N(C)C)c1ccccn1. The molecule has 1 heterocycles. The average Bonchev–Trinajstić information content (AvgIpc) is 2.32. The fraction of sp³-hybridized carbons (Fsp3) is 0.500. The maximum Gasteiger partial charge on any atom is 0.159 e. The van der Waals surface area contributed by atoms with Crippen LogP contribution in [0, 0.1) is 0 Å². The highest BCUT2D eigenvalue weighted by Crippen LogP contribution is 2.30. The minimum absolute atomic E-state index is 0.597. The molecule has 0 aromatic carbocycles. The number of ether oxygens (including phenoxy) is 1. The van der Waals surface area contributed by atoms with Crippen molar-refractivity contribution in [3.05, 3.63) is 30.1 Å². The van der Waals surface area contributed by atoms with E-state index in [1.807, 2.05) is 44.1 Å². The molecule has 0 fully saturated rings. The van der Waals surface area contributed by atoms with E-state index < -0.39 is 5.60 Å². The Bertz CT molecular complexity index is 347. The zero-order valence-corrected chi connectivity index (χ0v) is 11.0. The Balaban J connectivity index is 3.21. The Kier molecular flexibility index (Phi) is 4.38. The topological polar surface area (TPSA) is 25.4 Å². The third-order valence-electron chi connectivity index (χ3n) is 2.68. The summed E-state index contributed by atoms with van der Waals surface area (Å²) in [6, 6.07) is 5.78. The minimum Gasteiger partial charge on any atom is -0.370 e. The summed E-state index contributed by atoms with van der Waals surface area (Å²) in [6.07, 6.45) is 2.52. The third-order valence-corrected chi connectivity index (χ3v) is 3.37. The number of thiocarbonyl (C=S) groups is 1. The molecule has 0 aliphatic rings. The molecule has 0 bridgehead atoms. The van der Waals surface area contributed by atoms with Gasteiger partial charge in [0.2, 0.25) is 0 Å². The molecule has 0 saturated heterocycles. The van der Waals surface area contributed by atoms with Crippen LogP contribution >= 0.6 is 12.2 Å². The van der Waals surface area contributed by atoms with Crippen LogP contribution in [-0.2, 0) is 10.3 Å². The fourth-order valence-electron chi connectivity index (χ4n) is 1.74. The number of hydrogen-bond acceptors (Lipinski definition) is 3. The van der Waals surface area contributed by atoms with Crippen LogP contribution < -0.4 is 0 Å². The van der Waals surface area contributed by atoms with Gasteiger partial charge in [0.15, 0.2) is 5.60 Å². The van der Waals surface area contributed by atoms with E-state index in [0.29, 0.717) is 0 Å². The van der Waals surface area contributed by atoms with Gasteiger partial charge in [0.05, 0.1) is 5.69 Å². The van der Waals surface area contributed by atoms with Crippen molar-refractivity contribution >= 4 is 17.2 Å². The summed E-state index contributed by atoms with van der Waals surface area (Å²) in [5, 5.41) is 0. The van der Waals surface area contributed by atoms with Gasteiger partial charge in [0.25, 0.3) is 0 Å². The van der Waals surface area contributed by atoms with Crippen molar-refractivity contribution in [3.63, 3.8) is 0 Å². The summed E-state index contributed by atoms with van der Waals surface area (Å²) < 4.78 is 5.65. The van der Waals surface area contributed by atoms with Gasteiger partial charge in [-0.05, 0) is 18.6 Å². The zero-order chi connectivity index (χ0) is 12.2. The van der Waals surface area contributed by atoms with Crippen molar-refractivity contribution in [2.75, 3.05) is 21.2 Å². The summed E-state index contributed by atoms with van der Waals surface area (Å²) in [5.41, 5.74) is 0.263. The lowest BCUT2D eigenvalue weighted by molar-refractivity contribution is 0.0347. The molecule has 0 amide bonds. The maximum absolute atomic E-state index is 5.65. The average molecular weight is 238 g/mol. The van der Waals surface area contributed by atoms with Gasteiger partial charge in [-0.3, -0.25) is 4.98 Å². The molecule has 1 atom stereocenters. The van der Waals surface area contributed by atoms with Crippen molar-refractivity contribution < 1.29 is 4.74 Å². The van der Waals surface area contributed by atoms with Gasteiger partial charge in [-0.1, -0.05) is 25.2 Å². The summed E-state index contributed by atoms with van der Waals surface area (Å²) in [5.74, 6) is 0. The fourth-order valence-corrected chi connectivity index (χ4v) is 2.07. The third kappa shape index (κ3) is 2.23. The molecule has 1 aromatic rings. The molecule has 0 aliphatic carbocycles. The van der Waals surface area contributed by atoms with E-state index in [4.69, 9.17) is 17.0 Å². The molecular formula is C12H18N2OS. The van der Waals surface area contributed by atoms with E-state index in [1.54, 1.807) is 13.3 Å². The highest BCUT2D eigenvalue weighted by molar-refractivity contribution is 7.80. The molecule has 0 aliphatic heterocycles. The quantitative estimate of drug-likeness (QED) is 0.751. The van der Waals surface area contributed by atoms with Crippen molar-refractivity contribution in [2.24, 2.45) is 0 Å². The monoisotopic (exact) mass is 238 g/mol. The summed E-state index contributed by atoms with van der Waals surface area (Å²) in [4.78, 5) is 7.00. The first kappa shape index (κ1) is 13.1. The van der Waals surface area contributed by atoms with Crippen LogP contribution in [0.3, 0.4) is 0 Å². The minimum atomic E-state index is -0.597. The van der Waals surface area contributed by atoms with Gasteiger partial charge >= 0.3 is 0 Å². The number of pyridine rings is 1. The zero-order valence-electron chi connectivity index (χ0n) is 10.2. The van der Waals surface area contributed by atoms with E-state index in [-0.39, 0.29) is 0 Å². The highest BCUT2D eigenvalue weighted by atomic mass is 32.1. The normalized spacial score (nSPS) is 14.2. The standard InChI is InChI=1S/C12H18N2OS/c1-5-12(15-4,11(16)14(2)3)10-8-6-7-9-13-10/h6-9H,5H2,1-4H3. The highest BCUT2D eigenvalue weighted by Gasteiger charge is 2.37. The van der Waals surface area contributed by atoms with E-state index in [1.165, 1.54) is 0 Å². The van der Waals surface area contributed by atoms with Crippen molar-refractivity contribution in [3.8, 4) is 0 Å². The Morgan fingerprint density at radius 2 is 2.19 bits per heavy atom. The number of nitrogens with zero attached hydrogens (tertiary/aromatic N) is 2. The van der Waals surface area contributed by atoms with E-state index in [0.717, 1.165) is 17.1 Å². The molecule has 4 heteroatoms. The summed E-state index contributed by atoms with van der Waals surface area (Å²) >= 11 is 5.45. The van der Waals surface area contributed by atoms with Gasteiger partial charge in [-0.15, -0.1) is 0 Å². The molecule has 0 spiro atoms. The molecule has 1 unspecified atom stereocenters. The van der Waals surface area contributed by atoms with Crippen molar-refractivity contribution in [2.45, 2.75) is 18.9 Å². The van der Waals surface area contributed by atoms with Gasteiger partial charge in [-0.2, -0.15) is 0 Å². The molecule has 0 N–H and O–H groups in total. The van der Waals surface area contributed by atoms with Gasteiger partial charge < -0.3 is 9.64 Å². The molecule has 16 heavy (non-hydrogen) atoms. The lowest BCUT2D eigenvalue weighted by Gasteiger charge is -2.34. The van der Waals surface area contributed by atoms with E-state index in [2.05, 4.69) is 4.98 Å². The number of aromatic nitrogens is 1. The largest absolute Gasteiger partial charge is 0.370 e. The predicted molar refractivity (Wildman–Crippen MR) is 69.5 cm³/mol. The van der Waals surface area contributed by atoms with Crippen molar-refractivity contribution in [1.82, 2.24) is 9.88 Å². The van der Waals surface area contributed by atoms with E-state index in [9.17, 15) is 0 Å². The van der Waals surface area contributed by atoms with Gasteiger partial charge in [0, 0.05) is 27.4 Å². The molecule has 1 aromatic heterocycles. The van der Waals surface area contributed by atoms with Crippen LogP contribution in [-0.4, -0.2) is 36.1 Å². The first-order valence-corrected chi connectivity index (χ1v) is 5.67. The molecule has 3 nitrogen and oxygen atoms in total. The lowest BCUT2D eigenvalue weighted by atomic mass is 9.94. The van der Waals surface area contributed by atoms with Gasteiger partial charge in [0.1, 0.15) is 4.99 Å². The number of rotatable bonds is 4. The Morgan fingerprint density at radius 3 is 2.56 bits per heavy atom. The van der Waals surface area contributed by atoms with Crippen LogP contribution in [0.15, 0.2) is 24.4 Å². The molecule has 1 rings (SSSR count). The maximum atomic E-state index is 5.65. The van der Waals surface area contributed by atoms with E-state index >= 15 is 0 Å². The Morgan fingerprint density at radius 1 is 1.50 bits per heavy atom. The Labute approximate surface area is 102 Å². The van der Waals surface area contributed by atoms with Crippen molar-refractivity contribution in [1.29, 1.82) is 0 Å². The predicted octanol–water partition coefficient (Wildman–Crippen LogP) is 2.22. The molecule has 0 saturated carbocycles. The molecular weight excluding hydrogens is 220 g/mol. The van der Waals surface area contributed by atoms with Crippen LogP contribution in [0.5, 0.6) is 0 Å². The second-order valence-corrected chi connectivity index (χ2v) is 4.19. The van der Waals surface area contributed by atoms with Crippen LogP contribution in [0.1, 0.15) is 19.0 Å². The number of methoxy groups -OCH3 is 1. The second-order valence-electron chi connectivity index (χ2n) is 3.80. The first-order valence-electron chi connectivity index (χ1n) is 5.27. The van der Waals surface area contributed by atoms with Crippen LogP contribution in [0.2, 0.25) is 0 Å². The second kappa shape index (κ2) is 5.37. The van der Waals surface area contributed by atoms with Gasteiger partial charge in [-0.25, -0.2) is 0 Å². The smallest absolute Gasteiger partial charge is 0.159 e. The summed E-state index contributed by atoms with van der Waals surface area (Å²) in [7, 11) is 5.53. The number of hydrogen-bond donors (Lipinski definition) is 0. The lowest BCUT2D eigenvalue weighted by Crippen LogP contribution is -2.44. The molecule has 88 valence electrons. The van der Waals surface area contributed by atoms with Crippen LogP contribution in [0.4, 0.5) is 0 Å². The Hall–Kier alpha value is -1.00. The summed E-state index contributed by atoms with van der Waals surface area (Å²) in [6.45, 7) is 2.05. The first-order chi connectivity index (χ1) is 7.58. The van der Waals surface area contributed by atoms with Crippen LogP contribution in [0.25, 0.3) is 0 Å². The number of likely N-dealkylation sites (N-methyl/N-ethyl adjacent to an activating group) is 1.